The van der Waals surface area contributed by atoms with Crippen LogP contribution >= 0.6 is 22.7 Å². The van der Waals surface area contributed by atoms with Crippen LogP contribution in [0.3, 0.4) is 0 Å². The molecule has 4 aliphatic rings. The van der Waals surface area contributed by atoms with Crippen molar-refractivity contribution in [3.05, 3.63) is 469 Å². The van der Waals surface area contributed by atoms with Crippen LogP contribution in [0.5, 0.6) is 0 Å². The van der Waals surface area contributed by atoms with Gasteiger partial charge in [0.05, 0.1) is 10.8 Å². The maximum Gasteiger partial charge on any atom is 0.164 e. The van der Waals surface area contributed by atoms with E-state index in [1.165, 1.54) is 146 Å². The highest BCUT2D eigenvalue weighted by Gasteiger charge is 2.52. The molecule has 0 unspecified atom stereocenters. The Morgan fingerprint density at radius 1 is 0.153 bits per heavy atom. The molecular formula is C116H70N6S2. The van der Waals surface area contributed by atoms with Crippen LogP contribution in [0, 0.1) is 0 Å². The number of hydrogen-bond donors (Lipinski definition) is 0. The van der Waals surface area contributed by atoms with E-state index in [-0.39, 0.29) is 0 Å². The van der Waals surface area contributed by atoms with Crippen molar-refractivity contribution in [3.63, 3.8) is 0 Å². The molecule has 2 spiro atoms. The zero-order valence-corrected chi connectivity index (χ0v) is 68.5. The van der Waals surface area contributed by atoms with Gasteiger partial charge in [0.15, 0.2) is 34.9 Å². The highest BCUT2D eigenvalue weighted by atomic mass is 32.1. The molecule has 0 radical (unpaired) electrons. The van der Waals surface area contributed by atoms with Gasteiger partial charge in [-0.3, -0.25) is 0 Å². The van der Waals surface area contributed by atoms with Crippen molar-refractivity contribution in [2.45, 2.75) is 10.8 Å². The summed E-state index contributed by atoms with van der Waals surface area (Å²) in [7, 11) is 0. The fourth-order valence-corrected chi connectivity index (χ4v) is 23.0. The quantitative estimate of drug-likeness (QED) is 0.151. The third-order valence-corrected chi connectivity index (χ3v) is 28.2. The van der Waals surface area contributed by atoms with Crippen molar-refractivity contribution in [2.24, 2.45) is 0 Å². The molecule has 18 aromatic carbocycles. The van der Waals surface area contributed by atoms with E-state index in [1.807, 2.05) is 11.3 Å². The van der Waals surface area contributed by atoms with Crippen LogP contribution in [0.15, 0.2) is 425 Å². The lowest BCUT2D eigenvalue weighted by molar-refractivity contribution is 0.775. The van der Waals surface area contributed by atoms with Crippen molar-refractivity contribution in [1.29, 1.82) is 0 Å². The lowest BCUT2D eigenvalue weighted by atomic mass is 9.66. The Hall–Kier alpha value is -15.6. The highest BCUT2D eigenvalue weighted by molar-refractivity contribution is 7.26. The molecule has 576 valence electrons. The van der Waals surface area contributed by atoms with Gasteiger partial charge >= 0.3 is 0 Å². The van der Waals surface area contributed by atoms with Gasteiger partial charge in [-0.2, -0.15) is 0 Å². The minimum absolute atomic E-state index is 0.609. The zero-order chi connectivity index (χ0) is 81.6. The Kier molecular flexibility index (Phi) is 16.4. The SMILES string of the molecule is c1ccc(-c2cccc(-c3nc(-c4ccc5c(c4)C4(c6ccccc6-c6ccccc6-c6ccccc64)c4ccccc4-5)nc(-c4cccc5sc6ccccc6c45)n3)c2)cc1.c1ccc(-c2cccc(-c3nc(-c4ccc5sc6ccccc6c5c4)nc(-c4cccc5c4-c4ccccc4C54c5ccccc5-c5ccccc5-c5ccccc54)n3)c2)cc1. The molecule has 4 heterocycles. The van der Waals surface area contributed by atoms with Gasteiger partial charge in [-0.15, -0.1) is 22.7 Å². The standard InChI is InChI=1S/2C58H35N3S/c1-2-16-36(17-3-1)37-18-14-19-38(34-37)55-59-56(39-32-33-53-47(35-39)44-24-9-13-31-52(44)62-53)61-57(60-55)46-26-15-30-51-54(46)45-25-8-12-29-50(45)58(51)48-27-10-6-22-42(48)40-20-4-5-21-41(40)43-23-7-11-28-49(43)58;1-2-16-36(17-3-1)37-18-14-19-38(34-37)55-59-56(61-57(60-55)47-26-15-31-53-54(47)46-25-9-13-30-52(46)62-53)39-32-33-45-44-24-8-12-29-50(44)58(51(45)35-39)48-27-10-6-22-42(48)40-20-4-5-21-41(40)43-23-7-11-28-49(43)58/h2*1-35H. The van der Waals surface area contributed by atoms with E-state index in [2.05, 4.69) is 425 Å². The van der Waals surface area contributed by atoms with E-state index in [1.54, 1.807) is 11.3 Å². The molecule has 4 aromatic heterocycles. The molecule has 8 heteroatoms. The summed E-state index contributed by atoms with van der Waals surface area (Å²) in [4.78, 5) is 32.4. The normalized spacial score (nSPS) is 13.0. The second kappa shape index (κ2) is 28.6. The first-order valence-electron chi connectivity index (χ1n) is 42.2. The summed E-state index contributed by atoms with van der Waals surface area (Å²) in [6.45, 7) is 0. The number of thiophene rings is 2. The van der Waals surface area contributed by atoms with Gasteiger partial charge in [0.25, 0.3) is 0 Å². The molecule has 26 rings (SSSR count). The van der Waals surface area contributed by atoms with Crippen molar-refractivity contribution in [1.82, 2.24) is 29.9 Å². The Labute approximate surface area is 724 Å². The van der Waals surface area contributed by atoms with Crippen LogP contribution in [0.25, 0.3) is 198 Å². The molecule has 0 atom stereocenters. The van der Waals surface area contributed by atoms with Crippen LogP contribution in [0.4, 0.5) is 0 Å². The minimum atomic E-state index is -0.613. The predicted octanol–water partition coefficient (Wildman–Crippen LogP) is 29.8. The maximum atomic E-state index is 5.46. The van der Waals surface area contributed by atoms with Crippen LogP contribution < -0.4 is 0 Å². The monoisotopic (exact) mass is 1610 g/mol. The molecule has 6 nitrogen and oxygen atoms in total. The molecule has 0 fully saturated rings. The Bertz CT molecular complexity index is 8030. The Balaban J connectivity index is 0.000000136. The van der Waals surface area contributed by atoms with E-state index in [0.717, 1.165) is 61.2 Å². The molecule has 0 saturated carbocycles. The van der Waals surface area contributed by atoms with Crippen molar-refractivity contribution in [2.75, 3.05) is 0 Å². The number of benzene rings is 18. The summed E-state index contributed by atoms with van der Waals surface area (Å²) in [5, 5.41) is 4.83. The minimum Gasteiger partial charge on any atom is -0.208 e. The molecule has 0 amide bonds. The smallest absolute Gasteiger partial charge is 0.164 e. The lowest BCUT2D eigenvalue weighted by Gasteiger charge is -2.35. The summed E-state index contributed by atoms with van der Waals surface area (Å²) in [6, 6.07) is 154. The fourth-order valence-electron chi connectivity index (χ4n) is 20.7. The van der Waals surface area contributed by atoms with E-state index >= 15 is 0 Å². The van der Waals surface area contributed by atoms with Gasteiger partial charge in [0, 0.05) is 73.7 Å². The number of aromatic nitrogens is 6. The lowest BCUT2D eigenvalue weighted by Crippen LogP contribution is -2.29. The van der Waals surface area contributed by atoms with Crippen LogP contribution in [0.1, 0.15) is 44.5 Å². The molecule has 0 N–H and O–H groups in total. The summed E-state index contributed by atoms with van der Waals surface area (Å²) in [5.74, 6) is 3.86. The number of nitrogens with zero attached hydrogens (tertiary/aromatic N) is 6. The molecular weight excluding hydrogens is 1540 g/mol. The summed E-state index contributed by atoms with van der Waals surface area (Å²) in [6.07, 6.45) is 0. The zero-order valence-electron chi connectivity index (χ0n) is 66.9. The van der Waals surface area contributed by atoms with Gasteiger partial charge in [0.2, 0.25) is 0 Å². The van der Waals surface area contributed by atoms with Crippen LogP contribution in [-0.4, -0.2) is 29.9 Å². The molecule has 0 saturated heterocycles. The van der Waals surface area contributed by atoms with E-state index in [9.17, 15) is 0 Å². The van der Waals surface area contributed by atoms with Crippen LogP contribution in [-0.2, 0) is 10.8 Å². The average molecular weight is 1610 g/mol. The summed E-state index contributed by atoms with van der Waals surface area (Å²) in [5.41, 5.74) is 33.9. The first-order valence-corrected chi connectivity index (χ1v) is 43.8. The fraction of sp³-hybridized carbons (Fsp3) is 0.0172. The van der Waals surface area contributed by atoms with Gasteiger partial charge in [0.1, 0.15) is 0 Å². The molecule has 0 aliphatic heterocycles. The second-order valence-electron chi connectivity index (χ2n) is 32.4. The van der Waals surface area contributed by atoms with E-state index in [0.29, 0.717) is 34.9 Å². The van der Waals surface area contributed by atoms with Gasteiger partial charge < -0.3 is 0 Å². The predicted molar refractivity (Wildman–Crippen MR) is 512 cm³/mol. The van der Waals surface area contributed by atoms with Crippen molar-refractivity contribution < 1.29 is 0 Å². The van der Waals surface area contributed by atoms with Crippen molar-refractivity contribution in [3.8, 4) is 157 Å². The van der Waals surface area contributed by atoms with E-state index < -0.39 is 10.8 Å². The molecule has 4 aliphatic carbocycles. The largest absolute Gasteiger partial charge is 0.208 e. The number of fused-ring (bicyclic) bond motifs is 30. The average Bonchev–Trinajstić information content (AvgIpc) is 1.52. The highest BCUT2D eigenvalue weighted by Crippen LogP contribution is 2.65. The second-order valence-corrected chi connectivity index (χ2v) is 34.6. The third-order valence-electron chi connectivity index (χ3n) is 26.0. The van der Waals surface area contributed by atoms with Gasteiger partial charge in [-0.05, 0) is 188 Å². The topological polar surface area (TPSA) is 77.3 Å². The first-order chi connectivity index (χ1) is 61.5. The summed E-state index contributed by atoms with van der Waals surface area (Å²) < 4.78 is 4.97. The maximum absolute atomic E-state index is 5.46. The van der Waals surface area contributed by atoms with Gasteiger partial charge in [-0.1, -0.05) is 370 Å². The third kappa shape index (κ3) is 11.0. The van der Waals surface area contributed by atoms with Crippen molar-refractivity contribution >= 4 is 63.0 Å². The Morgan fingerprint density at radius 2 is 0.452 bits per heavy atom. The number of hydrogen-bond acceptors (Lipinski definition) is 8. The van der Waals surface area contributed by atoms with E-state index in [4.69, 9.17) is 29.9 Å². The molecule has 124 heavy (non-hydrogen) atoms. The number of rotatable bonds is 8. The first kappa shape index (κ1) is 71.3. The van der Waals surface area contributed by atoms with Gasteiger partial charge in [-0.25, -0.2) is 29.9 Å². The molecule has 22 aromatic rings. The Morgan fingerprint density at radius 3 is 0.968 bits per heavy atom. The summed E-state index contributed by atoms with van der Waals surface area (Å²) >= 11 is 3.62. The van der Waals surface area contributed by atoms with Crippen LogP contribution in [0.2, 0.25) is 0 Å². The molecule has 0 bridgehead atoms.